The molecular weight excluding hydrogens is 445 g/mol. The molecule has 3 aromatic rings. The zero-order valence-electron chi connectivity index (χ0n) is 16.8. The molecular formula is C21H19F3N4O3S. The summed E-state index contributed by atoms with van der Waals surface area (Å²) in [5.41, 5.74) is 2.29. The maximum Gasteiger partial charge on any atom is 0.573 e. The van der Waals surface area contributed by atoms with Crippen LogP contribution in [0.25, 0.3) is 5.52 Å². The minimum atomic E-state index is -4.84. The first-order valence-corrected chi connectivity index (χ1v) is 11.2. The van der Waals surface area contributed by atoms with Crippen molar-refractivity contribution in [3.05, 3.63) is 66.0 Å². The standard InChI is InChI=1S/C21H19F3N4O3S/c22-21(23,24)31-17-4-6-18(7-5-17)32(29,30)28-11-9-26(10-12-28)14-16-15-27-8-2-1-3-20(27)19(16)13-25/h1-8,15H,9-12,14H2. The van der Waals surface area contributed by atoms with Gasteiger partial charge in [-0.25, -0.2) is 8.42 Å². The lowest BCUT2D eigenvalue weighted by atomic mass is 10.1. The molecule has 0 amide bonds. The first-order chi connectivity index (χ1) is 15.2. The summed E-state index contributed by atoms with van der Waals surface area (Å²) in [7, 11) is -3.84. The molecule has 1 fully saturated rings. The summed E-state index contributed by atoms with van der Waals surface area (Å²) >= 11 is 0. The van der Waals surface area contributed by atoms with Crippen molar-refractivity contribution in [1.82, 2.24) is 13.6 Å². The minimum Gasteiger partial charge on any atom is -0.406 e. The first kappa shape index (κ1) is 22.1. The number of pyridine rings is 1. The number of nitrogens with zero attached hydrogens (tertiary/aromatic N) is 4. The lowest BCUT2D eigenvalue weighted by molar-refractivity contribution is -0.274. The summed E-state index contributed by atoms with van der Waals surface area (Å²) in [6, 6.07) is 12.0. The average Bonchev–Trinajstić information content (AvgIpc) is 3.10. The van der Waals surface area contributed by atoms with Crippen molar-refractivity contribution in [2.75, 3.05) is 26.2 Å². The van der Waals surface area contributed by atoms with E-state index in [1.54, 1.807) is 0 Å². The van der Waals surface area contributed by atoms with Crippen LogP contribution >= 0.6 is 0 Å². The van der Waals surface area contributed by atoms with E-state index in [1.165, 1.54) is 4.31 Å². The summed E-state index contributed by atoms with van der Waals surface area (Å²) in [6.45, 7) is 1.91. The highest BCUT2D eigenvalue weighted by Gasteiger charge is 2.32. The fourth-order valence-electron chi connectivity index (χ4n) is 3.76. The minimum absolute atomic E-state index is 0.0917. The van der Waals surface area contributed by atoms with E-state index in [-0.39, 0.29) is 18.0 Å². The van der Waals surface area contributed by atoms with Gasteiger partial charge in [-0.05, 0) is 36.4 Å². The molecule has 1 aromatic carbocycles. The molecule has 0 saturated carbocycles. The van der Waals surface area contributed by atoms with Gasteiger partial charge in [-0.1, -0.05) is 6.07 Å². The highest BCUT2D eigenvalue weighted by atomic mass is 32.2. The lowest BCUT2D eigenvalue weighted by Gasteiger charge is -2.33. The molecule has 168 valence electrons. The predicted molar refractivity (Wildman–Crippen MR) is 109 cm³/mol. The van der Waals surface area contributed by atoms with E-state index in [9.17, 15) is 26.9 Å². The SMILES string of the molecule is N#Cc1c(CN2CCN(S(=O)(=O)c3ccc(OC(F)(F)F)cc3)CC2)cn2ccccc12. The maximum atomic E-state index is 12.9. The number of benzene rings is 1. The van der Waals surface area contributed by atoms with E-state index in [2.05, 4.69) is 15.7 Å². The summed E-state index contributed by atoms with van der Waals surface area (Å²) in [6.07, 6.45) is -1.06. The Labute approximate surface area is 182 Å². The summed E-state index contributed by atoms with van der Waals surface area (Å²) in [5, 5.41) is 9.55. The lowest BCUT2D eigenvalue weighted by Crippen LogP contribution is -2.48. The van der Waals surface area contributed by atoms with Gasteiger partial charge in [-0.2, -0.15) is 9.57 Å². The number of aromatic nitrogens is 1. The number of hydrogen-bond donors (Lipinski definition) is 0. The van der Waals surface area contributed by atoms with Gasteiger partial charge < -0.3 is 9.14 Å². The van der Waals surface area contributed by atoms with Crippen LogP contribution in [0.1, 0.15) is 11.1 Å². The first-order valence-electron chi connectivity index (χ1n) is 9.74. The summed E-state index contributed by atoms with van der Waals surface area (Å²) in [4.78, 5) is 1.98. The molecule has 0 unspecified atom stereocenters. The Kier molecular flexibility index (Phi) is 5.85. The Morgan fingerprint density at radius 1 is 1.03 bits per heavy atom. The van der Waals surface area contributed by atoms with Crippen LogP contribution in [0.5, 0.6) is 5.75 Å². The van der Waals surface area contributed by atoms with Crippen molar-refractivity contribution in [2.45, 2.75) is 17.8 Å². The number of alkyl halides is 3. The Morgan fingerprint density at radius 2 is 1.72 bits per heavy atom. The average molecular weight is 464 g/mol. The van der Waals surface area contributed by atoms with Gasteiger partial charge >= 0.3 is 6.36 Å². The molecule has 1 aliphatic heterocycles. The number of fused-ring (bicyclic) bond motifs is 1. The Hall–Kier alpha value is -3.07. The van der Waals surface area contributed by atoms with Gasteiger partial charge in [-0.15, -0.1) is 13.2 Å². The monoisotopic (exact) mass is 464 g/mol. The maximum absolute atomic E-state index is 12.9. The third-order valence-corrected chi connectivity index (χ3v) is 7.21. The van der Waals surface area contributed by atoms with Crippen molar-refractivity contribution >= 4 is 15.5 Å². The largest absolute Gasteiger partial charge is 0.573 e. The molecule has 1 saturated heterocycles. The molecule has 0 atom stereocenters. The zero-order valence-corrected chi connectivity index (χ0v) is 17.6. The number of hydrogen-bond acceptors (Lipinski definition) is 5. The fourth-order valence-corrected chi connectivity index (χ4v) is 5.18. The number of ether oxygens (including phenoxy) is 1. The van der Waals surface area contributed by atoms with Crippen molar-refractivity contribution in [1.29, 1.82) is 5.26 Å². The smallest absolute Gasteiger partial charge is 0.406 e. The van der Waals surface area contributed by atoms with Gasteiger partial charge in [0.1, 0.15) is 11.8 Å². The molecule has 0 aliphatic carbocycles. The molecule has 2 aromatic heterocycles. The van der Waals surface area contributed by atoms with E-state index < -0.39 is 22.1 Å². The molecule has 0 N–H and O–H groups in total. The fraction of sp³-hybridized carbons (Fsp3) is 0.286. The molecule has 0 bridgehead atoms. The van der Waals surface area contributed by atoms with Gasteiger partial charge in [0, 0.05) is 50.7 Å². The molecule has 7 nitrogen and oxygen atoms in total. The van der Waals surface area contributed by atoms with E-state index >= 15 is 0 Å². The zero-order chi connectivity index (χ0) is 22.9. The van der Waals surface area contributed by atoms with Crippen LogP contribution in [0.15, 0.2) is 59.8 Å². The van der Waals surface area contributed by atoms with E-state index in [1.807, 2.05) is 35.0 Å². The van der Waals surface area contributed by atoms with Crippen molar-refractivity contribution < 1.29 is 26.3 Å². The predicted octanol–water partition coefficient (Wildman–Crippen LogP) is 3.22. The molecule has 11 heteroatoms. The van der Waals surface area contributed by atoms with Crippen LogP contribution in [0, 0.1) is 11.3 Å². The van der Waals surface area contributed by atoms with E-state index in [0.717, 1.165) is 35.3 Å². The van der Waals surface area contributed by atoms with Crippen LogP contribution in [-0.2, 0) is 16.6 Å². The van der Waals surface area contributed by atoms with Gasteiger partial charge in [0.25, 0.3) is 0 Å². The van der Waals surface area contributed by atoms with E-state index in [0.29, 0.717) is 25.2 Å². The van der Waals surface area contributed by atoms with Gasteiger partial charge in [-0.3, -0.25) is 4.90 Å². The second-order valence-electron chi connectivity index (χ2n) is 7.33. The third kappa shape index (κ3) is 4.57. The molecule has 0 spiro atoms. The van der Waals surface area contributed by atoms with Crippen LogP contribution in [0.4, 0.5) is 13.2 Å². The molecule has 1 aliphatic rings. The van der Waals surface area contributed by atoms with Gasteiger partial charge in [0.2, 0.25) is 10.0 Å². The highest BCUT2D eigenvalue weighted by Crippen LogP contribution is 2.26. The molecule has 32 heavy (non-hydrogen) atoms. The Morgan fingerprint density at radius 3 is 2.34 bits per heavy atom. The molecule has 0 radical (unpaired) electrons. The van der Waals surface area contributed by atoms with Gasteiger partial charge in [0.05, 0.1) is 16.0 Å². The summed E-state index contributed by atoms with van der Waals surface area (Å²) in [5.74, 6) is -0.477. The third-order valence-electron chi connectivity index (χ3n) is 5.29. The van der Waals surface area contributed by atoms with Crippen molar-refractivity contribution in [3.8, 4) is 11.8 Å². The molecule has 3 heterocycles. The summed E-state index contributed by atoms with van der Waals surface area (Å²) < 4.78 is 69.6. The number of piperazine rings is 1. The van der Waals surface area contributed by atoms with Crippen LogP contribution in [0.2, 0.25) is 0 Å². The highest BCUT2D eigenvalue weighted by molar-refractivity contribution is 7.89. The topological polar surface area (TPSA) is 78.0 Å². The van der Waals surface area contributed by atoms with Crippen LogP contribution < -0.4 is 4.74 Å². The molecule has 4 rings (SSSR count). The number of halogens is 3. The van der Waals surface area contributed by atoms with Gasteiger partial charge in [0.15, 0.2) is 0 Å². The Bertz CT molecular complexity index is 1260. The van der Waals surface area contributed by atoms with Crippen LogP contribution in [-0.4, -0.2) is 54.6 Å². The van der Waals surface area contributed by atoms with Crippen molar-refractivity contribution in [3.63, 3.8) is 0 Å². The normalized spacial score (nSPS) is 16.2. The van der Waals surface area contributed by atoms with Crippen LogP contribution in [0.3, 0.4) is 0 Å². The number of sulfonamides is 1. The van der Waals surface area contributed by atoms with E-state index in [4.69, 9.17) is 0 Å². The number of nitriles is 1. The quantitative estimate of drug-likeness (QED) is 0.580. The second-order valence-corrected chi connectivity index (χ2v) is 9.27. The second kappa shape index (κ2) is 8.46. The number of rotatable bonds is 5. The Balaban J connectivity index is 1.42. The van der Waals surface area contributed by atoms with Crippen molar-refractivity contribution in [2.24, 2.45) is 0 Å².